The molecule has 0 bridgehead atoms. The topological polar surface area (TPSA) is 43.7 Å². The molecule has 0 radical (unpaired) electrons. The Balaban J connectivity index is 1.60. The van der Waals surface area contributed by atoms with Gasteiger partial charge in [-0.25, -0.2) is 0 Å². The number of benzene rings is 2. The minimum absolute atomic E-state index is 0.112. The normalized spacial score (nSPS) is 14.4. The minimum Gasteiger partial charge on any atom is -0.508 e. The van der Waals surface area contributed by atoms with Crippen LogP contribution in [0.3, 0.4) is 0 Å². The number of phenolic OH excluding ortho intramolecular Hbond substituents is 1. The fraction of sp³-hybridized carbons (Fsp3) is 0.294. The summed E-state index contributed by atoms with van der Waals surface area (Å²) >= 11 is 0. The largest absolute Gasteiger partial charge is 0.508 e. The van der Waals surface area contributed by atoms with Crippen LogP contribution in [0.1, 0.15) is 22.3 Å². The summed E-state index contributed by atoms with van der Waals surface area (Å²) in [5.74, 6) is 0.318. The van der Waals surface area contributed by atoms with Crippen LogP contribution in [-0.2, 0) is 26.1 Å². The summed E-state index contributed by atoms with van der Waals surface area (Å²) in [6, 6.07) is 13.7. The lowest BCUT2D eigenvalue weighted by atomic mass is 10.1. The number of nitrogens with zero attached hydrogens (tertiary/aromatic N) is 1. The molecule has 0 saturated heterocycles. The molecular weight excluding hydrogens is 250 g/mol. The number of hydrogen-bond donors (Lipinski definition) is 2. The lowest BCUT2D eigenvalue weighted by Gasteiger charge is -2.14. The van der Waals surface area contributed by atoms with Crippen molar-refractivity contribution in [3.05, 3.63) is 64.7 Å². The first kappa shape index (κ1) is 13.2. The van der Waals surface area contributed by atoms with Crippen molar-refractivity contribution in [2.75, 3.05) is 6.54 Å². The number of rotatable bonds is 4. The highest BCUT2D eigenvalue weighted by molar-refractivity contribution is 5.34. The first-order chi connectivity index (χ1) is 9.74. The zero-order chi connectivity index (χ0) is 13.9. The van der Waals surface area contributed by atoms with Crippen LogP contribution in [0.15, 0.2) is 42.5 Å². The highest BCUT2D eigenvalue weighted by Crippen LogP contribution is 2.24. The third-order valence-electron chi connectivity index (χ3n) is 3.89. The molecule has 2 aromatic rings. The third kappa shape index (κ3) is 2.84. The monoisotopic (exact) mass is 269 g/mol. The Morgan fingerprint density at radius 1 is 0.900 bits per heavy atom. The van der Waals surface area contributed by atoms with E-state index in [0.717, 1.165) is 31.6 Å². The van der Waals surface area contributed by atoms with Gasteiger partial charge in [0.2, 0.25) is 0 Å². The van der Waals surface area contributed by atoms with E-state index in [1.807, 2.05) is 18.2 Å². The fourth-order valence-corrected chi connectivity index (χ4v) is 2.72. The summed E-state index contributed by atoms with van der Waals surface area (Å²) in [7, 11) is 0. The van der Waals surface area contributed by atoms with E-state index in [2.05, 4.69) is 17.0 Å². The highest BCUT2D eigenvalue weighted by Gasteiger charge is 2.18. The predicted octanol–water partition coefficient (Wildman–Crippen LogP) is 2.44. The van der Waals surface area contributed by atoms with Gasteiger partial charge in [0.05, 0.1) is 6.61 Å². The van der Waals surface area contributed by atoms with Gasteiger partial charge >= 0.3 is 0 Å². The second kappa shape index (κ2) is 5.65. The van der Waals surface area contributed by atoms with E-state index in [4.69, 9.17) is 0 Å². The molecule has 3 heteroatoms. The lowest BCUT2D eigenvalue weighted by molar-refractivity contribution is 0.281. The number of fused-ring (bicyclic) bond motifs is 1. The van der Waals surface area contributed by atoms with Crippen LogP contribution in [0.5, 0.6) is 5.75 Å². The fourth-order valence-electron chi connectivity index (χ4n) is 2.72. The molecule has 0 spiro atoms. The summed E-state index contributed by atoms with van der Waals surface area (Å²) in [5.41, 5.74) is 4.94. The smallest absolute Gasteiger partial charge is 0.115 e. The van der Waals surface area contributed by atoms with Crippen molar-refractivity contribution >= 4 is 0 Å². The number of hydrogen-bond acceptors (Lipinski definition) is 3. The van der Waals surface area contributed by atoms with Crippen LogP contribution in [0, 0.1) is 0 Å². The molecule has 104 valence electrons. The average molecular weight is 269 g/mol. The Bertz CT molecular complexity index is 592. The summed E-state index contributed by atoms with van der Waals surface area (Å²) in [6.45, 7) is 3.06. The standard InChI is InChI=1S/C17H19NO2/c19-12-14-1-4-15-10-18(11-16(15)9-14)8-7-13-2-5-17(20)6-3-13/h1-6,9,19-20H,7-8,10-12H2. The Labute approximate surface area is 119 Å². The Hall–Kier alpha value is -1.84. The van der Waals surface area contributed by atoms with Crippen LogP contribution in [0.25, 0.3) is 0 Å². The maximum absolute atomic E-state index is 9.27. The molecule has 2 N–H and O–H groups in total. The van der Waals surface area contributed by atoms with E-state index in [-0.39, 0.29) is 6.61 Å². The molecule has 3 nitrogen and oxygen atoms in total. The molecular formula is C17H19NO2. The van der Waals surface area contributed by atoms with Gasteiger partial charge in [-0.3, -0.25) is 4.90 Å². The van der Waals surface area contributed by atoms with Crippen molar-refractivity contribution in [2.24, 2.45) is 0 Å². The number of phenols is 1. The Morgan fingerprint density at radius 2 is 1.60 bits per heavy atom. The summed E-state index contributed by atoms with van der Waals surface area (Å²) in [5, 5.41) is 18.4. The van der Waals surface area contributed by atoms with Gasteiger partial charge in [-0.1, -0.05) is 30.3 Å². The van der Waals surface area contributed by atoms with Crippen LogP contribution in [-0.4, -0.2) is 21.7 Å². The highest BCUT2D eigenvalue weighted by atomic mass is 16.3. The van der Waals surface area contributed by atoms with Crippen molar-refractivity contribution in [3.63, 3.8) is 0 Å². The molecule has 0 aromatic heterocycles. The molecule has 0 aliphatic carbocycles. The summed E-state index contributed by atoms with van der Waals surface area (Å²) in [4.78, 5) is 2.42. The average Bonchev–Trinajstić information content (AvgIpc) is 2.88. The quantitative estimate of drug-likeness (QED) is 0.896. The molecule has 20 heavy (non-hydrogen) atoms. The molecule has 0 saturated carbocycles. The second-order valence-electron chi connectivity index (χ2n) is 5.39. The summed E-state index contributed by atoms with van der Waals surface area (Å²) in [6.07, 6.45) is 0.987. The van der Waals surface area contributed by atoms with Gasteiger partial charge in [-0.2, -0.15) is 0 Å². The first-order valence-corrected chi connectivity index (χ1v) is 6.96. The molecule has 1 aliphatic heterocycles. The SMILES string of the molecule is OCc1ccc2c(c1)CN(CCc1ccc(O)cc1)C2. The molecule has 2 aromatic carbocycles. The zero-order valence-electron chi connectivity index (χ0n) is 11.4. The molecule has 1 heterocycles. The minimum atomic E-state index is 0.112. The Kier molecular flexibility index (Phi) is 3.72. The number of aliphatic hydroxyl groups is 1. The van der Waals surface area contributed by atoms with Crippen molar-refractivity contribution in [2.45, 2.75) is 26.1 Å². The first-order valence-electron chi connectivity index (χ1n) is 6.96. The van der Waals surface area contributed by atoms with E-state index in [1.165, 1.54) is 16.7 Å². The van der Waals surface area contributed by atoms with E-state index in [1.54, 1.807) is 12.1 Å². The maximum Gasteiger partial charge on any atom is 0.115 e. The molecule has 0 amide bonds. The van der Waals surface area contributed by atoms with Crippen LogP contribution >= 0.6 is 0 Å². The zero-order valence-corrected chi connectivity index (χ0v) is 11.4. The third-order valence-corrected chi connectivity index (χ3v) is 3.89. The van der Waals surface area contributed by atoms with Gasteiger partial charge < -0.3 is 10.2 Å². The molecule has 1 aliphatic rings. The predicted molar refractivity (Wildman–Crippen MR) is 78.3 cm³/mol. The van der Waals surface area contributed by atoms with Crippen LogP contribution in [0.4, 0.5) is 0 Å². The molecule has 0 unspecified atom stereocenters. The molecule has 0 fully saturated rings. The van der Waals surface area contributed by atoms with Gasteiger partial charge in [0.25, 0.3) is 0 Å². The van der Waals surface area contributed by atoms with E-state index >= 15 is 0 Å². The lowest BCUT2D eigenvalue weighted by Crippen LogP contribution is -2.19. The number of aliphatic hydroxyl groups excluding tert-OH is 1. The van der Waals surface area contributed by atoms with Gasteiger partial charge in [0.1, 0.15) is 5.75 Å². The van der Waals surface area contributed by atoms with Crippen molar-refractivity contribution in [1.29, 1.82) is 0 Å². The van der Waals surface area contributed by atoms with Gasteiger partial charge in [-0.15, -0.1) is 0 Å². The maximum atomic E-state index is 9.27. The van der Waals surface area contributed by atoms with E-state index in [9.17, 15) is 10.2 Å². The van der Waals surface area contributed by atoms with Gasteiger partial charge in [-0.05, 0) is 40.8 Å². The molecule has 3 rings (SSSR count). The van der Waals surface area contributed by atoms with E-state index < -0.39 is 0 Å². The van der Waals surface area contributed by atoms with Crippen LogP contribution in [0.2, 0.25) is 0 Å². The Morgan fingerprint density at radius 3 is 2.35 bits per heavy atom. The van der Waals surface area contributed by atoms with Gasteiger partial charge in [0, 0.05) is 19.6 Å². The van der Waals surface area contributed by atoms with Crippen molar-refractivity contribution in [1.82, 2.24) is 4.90 Å². The summed E-state index contributed by atoms with van der Waals surface area (Å²) < 4.78 is 0. The van der Waals surface area contributed by atoms with Crippen molar-refractivity contribution < 1.29 is 10.2 Å². The van der Waals surface area contributed by atoms with E-state index in [0.29, 0.717) is 5.75 Å². The molecule has 0 atom stereocenters. The number of aromatic hydroxyl groups is 1. The van der Waals surface area contributed by atoms with Crippen LogP contribution < -0.4 is 0 Å². The van der Waals surface area contributed by atoms with Gasteiger partial charge in [0.15, 0.2) is 0 Å². The van der Waals surface area contributed by atoms with Crippen molar-refractivity contribution in [3.8, 4) is 5.75 Å². The second-order valence-corrected chi connectivity index (χ2v) is 5.39.